The van der Waals surface area contributed by atoms with Gasteiger partial charge < -0.3 is 14.1 Å². The minimum Gasteiger partial charge on any atom is -0.507 e. The summed E-state index contributed by atoms with van der Waals surface area (Å²) in [6, 6.07) is 72.4. The van der Waals surface area contributed by atoms with Gasteiger partial charge in [0.1, 0.15) is 16.9 Å². The monoisotopic (exact) mass is 808 g/mol. The fourth-order valence-electron chi connectivity index (χ4n) is 9.00. The van der Waals surface area contributed by atoms with Crippen molar-refractivity contribution in [2.24, 2.45) is 0 Å². The lowest BCUT2D eigenvalue weighted by Gasteiger charge is -2.21. The highest BCUT2D eigenvalue weighted by Crippen LogP contribution is 2.44. The van der Waals surface area contributed by atoms with Crippen LogP contribution in [0.3, 0.4) is 0 Å². The Hall–Kier alpha value is -8.61. The van der Waals surface area contributed by atoms with Gasteiger partial charge in [0, 0.05) is 54.9 Å². The Morgan fingerprint density at radius 2 is 0.778 bits per heavy atom. The molecule has 12 aromatic rings. The zero-order valence-electron chi connectivity index (χ0n) is 33.9. The predicted octanol–water partition coefficient (Wildman–Crippen LogP) is 14.6. The SMILES string of the molecule is Oc1cc(-c2nc(-c3cc(-c4ccccc4)c(-n4c5ccccc5c5ccccc54)c(-c4ccccc4)c3)nc(-c3ccc4c(c3)oc3ccccc34)n2)ccc1-c1ccccc1. The van der Waals surface area contributed by atoms with E-state index < -0.39 is 0 Å². The van der Waals surface area contributed by atoms with Crippen molar-refractivity contribution in [1.82, 2.24) is 19.5 Å². The summed E-state index contributed by atoms with van der Waals surface area (Å²) in [5.74, 6) is 1.55. The van der Waals surface area contributed by atoms with Crippen LogP contribution < -0.4 is 0 Å². The highest BCUT2D eigenvalue weighted by Gasteiger charge is 2.23. The molecule has 0 radical (unpaired) electrons. The summed E-state index contributed by atoms with van der Waals surface area (Å²) < 4.78 is 8.75. The van der Waals surface area contributed by atoms with Crippen molar-refractivity contribution in [1.29, 1.82) is 0 Å². The molecule has 296 valence electrons. The molecule has 0 saturated carbocycles. The number of phenols is 1. The normalized spacial score (nSPS) is 11.6. The van der Waals surface area contributed by atoms with Gasteiger partial charge >= 0.3 is 0 Å². The third-order valence-corrected chi connectivity index (χ3v) is 12.0. The third kappa shape index (κ3) is 6.23. The van der Waals surface area contributed by atoms with Crippen LogP contribution in [0.5, 0.6) is 5.75 Å². The van der Waals surface area contributed by atoms with Gasteiger partial charge in [-0.3, -0.25) is 0 Å². The van der Waals surface area contributed by atoms with Crippen molar-refractivity contribution >= 4 is 43.7 Å². The molecule has 9 aromatic carbocycles. The summed E-state index contributed by atoms with van der Waals surface area (Å²) in [4.78, 5) is 15.6. The molecule has 1 N–H and O–H groups in total. The number of phenolic OH excluding ortho intramolecular Hbond substituents is 1. The zero-order valence-corrected chi connectivity index (χ0v) is 33.9. The molecular weight excluding hydrogens is 773 g/mol. The van der Waals surface area contributed by atoms with E-state index in [0.29, 0.717) is 23.0 Å². The molecule has 3 aromatic heterocycles. The maximum atomic E-state index is 11.5. The molecule has 0 unspecified atom stereocenters. The first-order valence-electron chi connectivity index (χ1n) is 21.0. The first-order chi connectivity index (χ1) is 31.1. The number of hydrogen-bond acceptors (Lipinski definition) is 5. The van der Waals surface area contributed by atoms with Crippen molar-refractivity contribution in [2.75, 3.05) is 0 Å². The summed E-state index contributed by atoms with van der Waals surface area (Å²) >= 11 is 0. The number of benzene rings is 9. The van der Waals surface area contributed by atoms with E-state index >= 15 is 0 Å². The van der Waals surface area contributed by atoms with Gasteiger partial charge in [-0.05, 0) is 71.3 Å². The molecule has 6 nitrogen and oxygen atoms in total. The molecule has 0 aliphatic carbocycles. The Labute approximate surface area is 362 Å². The van der Waals surface area contributed by atoms with Crippen molar-refractivity contribution in [3.63, 3.8) is 0 Å². The van der Waals surface area contributed by atoms with Crippen LogP contribution in [0.4, 0.5) is 0 Å². The lowest BCUT2D eigenvalue weighted by molar-refractivity contribution is 0.477. The molecule has 0 atom stereocenters. The average Bonchev–Trinajstić information content (AvgIpc) is 3.89. The van der Waals surface area contributed by atoms with E-state index in [1.54, 1.807) is 6.07 Å². The number of aromatic hydroxyl groups is 1. The topological polar surface area (TPSA) is 77.0 Å². The number of rotatable bonds is 7. The van der Waals surface area contributed by atoms with Crippen LogP contribution in [-0.4, -0.2) is 24.6 Å². The molecule has 0 saturated heterocycles. The van der Waals surface area contributed by atoms with E-state index in [0.717, 1.165) is 83.2 Å². The van der Waals surface area contributed by atoms with E-state index in [-0.39, 0.29) is 5.75 Å². The van der Waals surface area contributed by atoms with Crippen LogP contribution in [-0.2, 0) is 0 Å². The van der Waals surface area contributed by atoms with Crippen molar-refractivity contribution in [3.05, 3.63) is 212 Å². The smallest absolute Gasteiger partial charge is 0.164 e. The van der Waals surface area contributed by atoms with Gasteiger partial charge in [-0.2, -0.15) is 0 Å². The number of aromatic nitrogens is 4. The van der Waals surface area contributed by atoms with Crippen molar-refractivity contribution in [3.8, 4) is 79.0 Å². The van der Waals surface area contributed by atoms with Gasteiger partial charge in [-0.15, -0.1) is 0 Å². The Kier molecular flexibility index (Phi) is 8.54. The van der Waals surface area contributed by atoms with E-state index in [4.69, 9.17) is 19.4 Å². The summed E-state index contributed by atoms with van der Waals surface area (Å²) in [6.07, 6.45) is 0. The highest BCUT2D eigenvalue weighted by molar-refractivity contribution is 6.11. The van der Waals surface area contributed by atoms with E-state index in [1.165, 1.54) is 10.8 Å². The van der Waals surface area contributed by atoms with Gasteiger partial charge in [0.05, 0.1) is 16.7 Å². The van der Waals surface area contributed by atoms with E-state index in [2.05, 4.69) is 126 Å². The van der Waals surface area contributed by atoms with Gasteiger partial charge in [-0.25, -0.2) is 15.0 Å². The number of fused-ring (bicyclic) bond motifs is 6. The lowest BCUT2D eigenvalue weighted by atomic mass is 9.92. The van der Waals surface area contributed by atoms with Crippen molar-refractivity contribution < 1.29 is 9.52 Å². The molecule has 6 heteroatoms. The number of furan rings is 1. The second-order valence-electron chi connectivity index (χ2n) is 15.7. The standard InChI is InChI=1S/C57H36N4O2/c62-51-34-39(28-30-42(51)36-16-4-1-5-17-36)55-58-56(40-29-31-46-45-24-12-15-27-52(45)63-53(46)35-40)60-57(59-55)41-32-47(37-18-6-2-7-19-37)54(48(33-41)38-20-8-3-9-21-38)61-49-25-13-10-22-43(49)44-23-11-14-26-50(44)61/h1-35,62H. The molecule has 0 aliphatic rings. The summed E-state index contributed by atoms with van der Waals surface area (Å²) in [6.45, 7) is 0. The molecule has 63 heavy (non-hydrogen) atoms. The number of para-hydroxylation sites is 3. The number of hydrogen-bond donors (Lipinski definition) is 1. The van der Waals surface area contributed by atoms with Crippen LogP contribution in [0.25, 0.3) is 117 Å². The van der Waals surface area contributed by atoms with Crippen LogP contribution in [0, 0.1) is 0 Å². The Balaban J connectivity index is 1.14. The van der Waals surface area contributed by atoms with E-state index in [1.807, 2.05) is 84.9 Å². The molecule has 0 fully saturated rings. The lowest BCUT2D eigenvalue weighted by Crippen LogP contribution is -2.04. The quantitative estimate of drug-likeness (QED) is 0.174. The Morgan fingerprint density at radius 1 is 0.333 bits per heavy atom. The zero-order chi connectivity index (χ0) is 41.9. The maximum absolute atomic E-state index is 11.5. The third-order valence-electron chi connectivity index (χ3n) is 12.0. The van der Waals surface area contributed by atoms with Gasteiger partial charge in [-0.1, -0.05) is 158 Å². The fourth-order valence-corrected chi connectivity index (χ4v) is 9.00. The molecule has 0 spiro atoms. The first-order valence-corrected chi connectivity index (χ1v) is 21.0. The molecule has 3 heterocycles. The molecular formula is C57H36N4O2. The Bertz CT molecular complexity index is 3570. The van der Waals surface area contributed by atoms with Crippen molar-refractivity contribution in [2.45, 2.75) is 0 Å². The molecule has 12 rings (SSSR count). The summed E-state index contributed by atoms with van der Waals surface area (Å²) in [5, 5.41) is 15.9. The van der Waals surface area contributed by atoms with Gasteiger partial charge in [0.15, 0.2) is 17.5 Å². The molecule has 0 amide bonds. The minimum atomic E-state index is 0.138. The fraction of sp³-hybridized carbons (Fsp3) is 0. The second-order valence-corrected chi connectivity index (χ2v) is 15.7. The van der Waals surface area contributed by atoms with Gasteiger partial charge in [0.2, 0.25) is 0 Å². The van der Waals surface area contributed by atoms with Gasteiger partial charge in [0.25, 0.3) is 0 Å². The maximum Gasteiger partial charge on any atom is 0.164 e. The molecule has 0 bridgehead atoms. The van der Waals surface area contributed by atoms with Crippen LogP contribution in [0.15, 0.2) is 217 Å². The van der Waals surface area contributed by atoms with Crippen LogP contribution in [0.1, 0.15) is 0 Å². The Morgan fingerprint density at radius 3 is 1.35 bits per heavy atom. The average molecular weight is 809 g/mol. The van der Waals surface area contributed by atoms with E-state index in [9.17, 15) is 5.11 Å². The summed E-state index contributed by atoms with van der Waals surface area (Å²) in [5.41, 5.74) is 12.9. The summed E-state index contributed by atoms with van der Waals surface area (Å²) in [7, 11) is 0. The second kappa shape index (κ2) is 14.8. The predicted molar refractivity (Wildman–Crippen MR) is 256 cm³/mol. The number of nitrogens with zero attached hydrogens (tertiary/aromatic N) is 4. The van der Waals surface area contributed by atoms with Crippen LogP contribution >= 0.6 is 0 Å². The largest absolute Gasteiger partial charge is 0.507 e. The molecule has 0 aliphatic heterocycles. The first kappa shape index (κ1) is 36.3. The minimum absolute atomic E-state index is 0.138. The highest BCUT2D eigenvalue weighted by atomic mass is 16.3. The van der Waals surface area contributed by atoms with Crippen LogP contribution in [0.2, 0.25) is 0 Å².